The predicted molar refractivity (Wildman–Crippen MR) is 90.0 cm³/mol. The molecule has 0 atom stereocenters. The molecule has 0 fully saturated rings. The van der Waals surface area contributed by atoms with Crippen LogP contribution in [-0.4, -0.2) is 12.2 Å². The number of aryl methyl sites for hydroxylation is 2. The first-order chi connectivity index (χ1) is 10.6. The van der Waals surface area contributed by atoms with Crippen LogP contribution in [0.15, 0.2) is 47.6 Å². The Hall–Kier alpha value is -3.06. The number of rotatable bonds is 3. The Bertz CT molecular complexity index is 720. The minimum atomic E-state index is -0.381. The van der Waals surface area contributed by atoms with Crippen molar-refractivity contribution in [3.63, 3.8) is 0 Å². The minimum absolute atomic E-state index is 0.381. The van der Waals surface area contributed by atoms with E-state index in [-0.39, 0.29) is 6.03 Å². The molecule has 0 heterocycles. The number of anilines is 1. The van der Waals surface area contributed by atoms with Gasteiger partial charge in [0, 0.05) is 11.3 Å². The largest absolute Gasteiger partial charge is 0.339 e. The van der Waals surface area contributed by atoms with Crippen LogP contribution in [0.25, 0.3) is 0 Å². The van der Waals surface area contributed by atoms with E-state index < -0.39 is 0 Å². The van der Waals surface area contributed by atoms with Crippen LogP contribution >= 0.6 is 0 Å². The molecule has 2 aromatic carbocycles. The fraction of sp³-hybridized carbons (Fsp3) is 0.111. The third-order valence-corrected chi connectivity index (χ3v) is 3.18. The Balaban J connectivity index is 1.95. The van der Waals surface area contributed by atoms with E-state index in [1.807, 2.05) is 56.3 Å². The fourth-order valence-corrected chi connectivity index (χ4v) is 1.98. The summed E-state index contributed by atoms with van der Waals surface area (Å²) in [6, 6.07) is 12.8. The summed E-state index contributed by atoms with van der Waals surface area (Å²) < 4.78 is 0. The smallest absolute Gasteiger partial charge is 0.306 e. The van der Waals surface area contributed by atoms with E-state index in [9.17, 15) is 4.79 Å². The number of benzene rings is 2. The maximum absolute atomic E-state index is 11.8. The van der Waals surface area contributed by atoms with Gasteiger partial charge < -0.3 is 5.32 Å². The Morgan fingerprint density at radius 3 is 2.36 bits per heavy atom. The summed E-state index contributed by atoms with van der Waals surface area (Å²) >= 11 is 0. The van der Waals surface area contributed by atoms with Gasteiger partial charge in [0.15, 0.2) is 0 Å². The monoisotopic (exact) mass is 291 g/mol. The van der Waals surface area contributed by atoms with Gasteiger partial charge in [0.1, 0.15) is 0 Å². The fourth-order valence-electron chi connectivity index (χ4n) is 1.98. The summed E-state index contributed by atoms with van der Waals surface area (Å²) in [5, 5.41) is 6.71. The SMILES string of the molecule is C#Cc1ccc(C=NNC(=O)Nc2c(C)cccc2C)cc1. The van der Waals surface area contributed by atoms with Crippen LogP contribution in [0.1, 0.15) is 22.3 Å². The third kappa shape index (κ3) is 3.97. The number of carbonyl (C=O) groups is 1. The van der Waals surface area contributed by atoms with Crippen LogP contribution in [0.3, 0.4) is 0 Å². The van der Waals surface area contributed by atoms with Gasteiger partial charge in [-0.3, -0.25) is 0 Å². The van der Waals surface area contributed by atoms with Gasteiger partial charge in [0.25, 0.3) is 0 Å². The molecule has 0 unspecified atom stereocenters. The molecule has 22 heavy (non-hydrogen) atoms. The number of hydrazone groups is 1. The maximum Gasteiger partial charge on any atom is 0.339 e. The maximum atomic E-state index is 11.8. The van der Waals surface area contributed by atoms with Gasteiger partial charge in [0.2, 0.25) is 0 Å². The molecular weight excluding hydrogens is 274 g/mol. The lowest BCUT2D eigenvalue weighted by atomic mass is 10.1. The van der Waals surface area contributed by atoms with Gasteiger partial charge in [-0.1, -0.05) is 36.3 Å². The molecule has 0 radical (unpaired) electrons. The highest BCUT2D eigenvalue weighted by atomic mass is 16.2. The van der Waals surface area contributed by atoms with Gasteiger partial charge in [-0.2, -0.15) is 5.10 Å². The Labute approximate surface area is 130 Å². The molecule has 0 aliphatic rings. The zero-order valence-corrected chi connectivity index (χ0v) is 12.6. The summed E-state index contributed by atoms with van der Waals surface area (Å²) in [7, 11) is 0. The van der Waals surface area contributed by atoms with E-state index in [1.54, 1.807) is 6.21 Å². The lowest BCUT2D eigenvalue weighted by Gasteiger charge is -2.10. The first-order valence-electron chi connectivity index (χ1n) is 6.83. The first kappa shape index (κ1) is 15.3. The Morgan fingerprint density at radius 2 is 1.77 bits per heavy atom. The summed E-state index contributed by atoms with van der Waals surface area (Å²) in [6.45, 7) is 3.89. The molecule has 0 saturated heterocycles. The topological polar surface area (TPSA) is 53.5 Å². The predicted octanol–water partition coefficient (Wildman–Crippen LogP) is 3.44. The van der Waals surface area contributed by atoms with Crippen molar-refractivity contribution in [2.45, 2.75) is 13.8 Å². The number of terminal acetylenes is 1. The molecule has 2 amide bonds. The van der Waals surface area contributed by atoms with Crippen molar-refractivity contribution in [2.24, 2.45) is 5.10 Å². The van der Waals surface area contributed by atoms with E-state index in [0.717, 1.165) is 27.9 Å². The van der Waals surface area contributed by atoms with Gasteiger partial charge >= 0.3 is 6.03 Å². The number of hydrogen-bond acceptors (Lipinski definition) is 2. The molecule has 0 aliphatic carbocycles. The number of nitrogens with zero attached hydrogens (tertiary/aromatic N) is 1. The molecule has 0 aliphatic heterocycles. The summed E-state index contributed by atoms with van der Waals surface area (Å²) in [6.07, 6.45) is 6.85. The van der Waals surface area contributed by atoms with Crippen molar-refractivity contribution in [2.75, 3.05) is 5.32 Å². The van der Waals surface area contributed by atoms with Gasteiger partial charge in [0.05, 0.1) is 6.21 Å². The number of hydrogen-bond donors (Lipinski definition) is 2. The highest BCUT2D eigenvalue weighted by Crippen LogP contribution is 2.18. The number of nitrogens with one attached hydrogen (secondary N) is 2. The zero-order valence-electron chi connectivity index (χ0n) is 12.6. The standard InChI is InChI=1S/C18H17N3O/c1-4-15-8-10-16(11-9-15)12-19-21-18(22)20-17-13(2)6-5-7-14(17)3/h1,5-12H,2-3H3,(H2,20,21,22). The number of carbonyl (C=O) groups excluding carboxylic acids is 1. The van der Waals surface area contributed by atoms with Crippen molar-refractivity contribution in [1.82, 2.24) is 5.43 Å². The second-order valence-electron chi connectivity index (χ2n) is 4.86. The highest BCUT2D eigenvalue weighted by Gasteiger charge is 2.05. The summed E-state index contributed by atoms with van der Waals surface area (Å²) in [5.41, 5.74) is 6.91. The van der Waals surface area contributed by atoms with Gasteiger partial charge in [-0.05, 0) is 42.7 Å². The Kier molecular flexibility index (Phi) is 4.94. The lowest BCUT2D eigenvalue weighted by Crippen LogP contribution is -2.25. The number of urea groups is 1. The average molecular weight is 291 g/mol. The molecule has 0 bridgehead atoms. The summed E-state index contributed by atoms with van der Waals surface area (Å²) in [4.78, 5) is 11.8. The van der Waals surface area contributed by atoms with Crippen molar-refractivity contribution in [3.05, 3.63) is 64.7 Å². The molecule has 2 N–H and O–H groups in total. The lowest BCUT2D eigenvalue weighted by molar-refractivity contribution is 0.252. The van der Waals surface area contributed by atoms with Crippen LogP contribution in [0.5, 0.6) is 0 Å². The van der Waals surface area contributed by atoms with Crippen LogP contribution in [0.4, 0.5) is 10.5 Å². The minimum Gasteiger partial charge on any atom is -0.306 e. The number of para-hydroxylation sites is 1. The van der Waals surface area contributed by atoms with Gasteiger partial charge in [-0.25, -0.2) is 10.2 Å². The molecule has 0 saturated carbocycles. The molecule has 0 spiro atoms. The van der Waals surface area contributed by atoms with Crippen molar-refractivity contribution >= 4 is 17.9 Å². The molecule has 2 rings (SSSR count). The molecular formula is C18H17N3O. The second-order valence-corrected chi connectivity index (χ2v) is 4.86. The normalized spacial score (nSPS) is 10.2. The van der Waals surface area contributed by atoms with E-state index >= 15 is 0 Å². The molecule has 2 aromatic rings. The highest BCUT2D eigenvalue weighted by molar-refractivity contribution is 5.91. The third-order valence-electron chi connectivity index (χ3n) is 3.18. The quantitative estimate of drug-likeness (QED) is 0.508. The van der Waals surface area contributed by atoms with Crippen molar-refractivity contribution in [3.8, 4) is 12.3 Å². The van der Waals surface area contributed by atoms with E-state index in [1.165, 1.54) is 0 Å². The number of amides is 2. The first-order valence-corrected chi connectivity index (χ1v) is 6.83. The van der Waals surface area contributed by atoms with Crippen molar-refractivity contribution < 1.29 is 4.79 Å². The van der Waals surface area contributed by atoms with Crippen LogP contribution < -0.4 is 10.7 Å². The van der Waals surface area contributed by atoms with Crippen LogP contribution in [0, 0.1) is 26.2 Å². The van der Waals surface area contributed by atoms with E-state index in [0.29, 0.717) is 0 Å². The van der Waals surface area contributed by atoms with E-state index in [2.05, 4.69) is 21.8 Å². The molecule has 110 valence electrons. The van der Waals surface area contributed by atoms with Crippen molar-refractivity contribution in [1.29, 1.82) is 0 Å². The molecule has 4 nitrogen and oxygen atoms in total. The van der Waals surface area contributed by atoms with Gasteiger partial charge in [-0.15, -0.1) is 6.42 Å². The summed E-state index contributed by atoms with van der Waals surface area (Å²) in [5.74, 6) is 2.54. The molecule has 0 aromatic heterocycles. The van der Waals surface area contributed by atoms with E-state index in [4.69, 9.17) is 6.42 Å². The Morgan fingerprint density at radius 1 is 1.14 bits per heavy atom. The second kappa shape index (κ2) is 7.09. The zero-order chi connectivity index (χ0) is 15.9. The van der Waals surface area contributed by atoms with Crippen LogP contribution in [-0.2, 0) is 0 Å². The average Bonchev–Trinajstić information content (AvgIpc) is 2.52. The molecule has 4 heteroatoms. The van der Waals surface area contributed by atoms with Crippen LogP contribution in [0.2, 0.25) is 0 Å².